The van der Waals surface area contributed by atoms with Crippen LogP contribution >= 0.6 is 0 Å². The maximum Gasteiger partial charge on any atom is 0.239 e. The highest BCUT2D eigenvalue weighted by Gasteiger charge is 2.17. The van der Waals surface area contributed by atoms with Crippen molar-refractivity contribution in [1.29, 1.82) is 0 Å². The lowest BCUT2D eigenvalue weighted by Crippen LogP contribution is -2.36. The fraction of sp³-hybridized carbons (Fsp3) is 0.562. The first-order valence-corrected chi connectivity index (χ1v) is 7.74. The van der Waals surface area contributed by atoms with Crippen LogP contribution < -0.4 is 20.1 Å². The fourth-order valence-electron chi connectivity index (χ4n) is 2.80. The molecule has 3 rings (SSSR count). The largest absolute Gasteiger partial charge is 0.490 e. The number of nitrogens with one attached hydrogen (secondary N) is 2. The van der Waals surface area contributed by atoms with E-state index >= 15 is 0 Å². The number of ether oxygens (including phenoxy) is 2. The van der Waals surface area contributed by atoms with Gasteiger partial charge in [0.2, 0.25) is 5.91 Å². The van der Waals surface area contributed by atoms with Crippen molar-refractivity contribution in [3.05, 3.63) is 18.2 Å². The molecule has 1 aliphatic carbocycles. The highest BCUT2D eigenvalue weighted by Crippen LogP contribution is 2.32. The van der Waals surface area contributed by atoms with Gasteiger partial charge in [0.25, 0.3) is 0 Å². The van der Waals surface area contributed by atoms with Gasteiger partial charge in [-0.25, -0.2) is 0 Å². The molecule has 0 bridgehead atoms. The predicted molar refractivity (Wildman–Crippen MR) is 80.9 cm³/mol. The van der Waals surface area contributed by atoms with Gasteiger partial charge in [-0.15, -0.1) is 0 Å². The molecule has 114 valence electrons. The zero-order valence-corrected chi connectivity index (χ0v) is 12.2. The van der Waals surface area contributed by atoms with E-state index in [1.54, 1.807) is 0 Å². The molecule has 0 unspecified atom stereocenters. The normalized spacial score (nSPS) is 18.1. The lowest BCUT2D eigenvalue weighted by molar-refractivity contribution is -0.120. The molecule has 1 aliphatic heterocycles. The van der Waals surface area contributed by atoms with E-state index in [1.807, 2.05) is 18.2 Å². The lowest BCUT2D eigenvalue weighted by Gasteiger charge is -2.14. The first-order valence-electron chi connectivity index (χ1n) is 7.74. The summed E-state index contributed by atoms with van der Waals surface area (Å²) in [4.78, 5) is 11.9. The molecule has 5 heteroatoms. The van der Waals surface area contributed by atoms with E-state index in [0.717, 1.165) is 36.4 Å². The van der Waals surface area contributed by atoms with Crippen LogP contribution in [0.15, 0.2) is 18.2 Å². The van der Waals surface area contributed by atoms with E-state index in [2.05, 4.69) is 10.6 Å². The maximum atomic E-state index is 11.9. The smallest absolute Gasteiger partial charge is 0.239 e. The van der Waals surface area contributed by atoms with E-state index < -0.39 is 0 Å². The molecule has 2 aliphatic rings. The Morgan fingerprint density at radius 2 is 1.86 bits per heavy atom. The van der Waals surface area contributed by atoms with Crippen molar-refractivity contribution in [2.75, 3.05) is 25.1 Å². The van der Waals surface area contributed by atoms with Gasteiger partial charge < -0.3 is 20.1 Å². The van der Waals surface area contributed by atoms with Crippen LogP contribution in [-0.4, -0.2) is 31.7 Å². The number of hydrogen-bond donors (Lipinski definition) is 2. The second-order valence-corrected chi connectivity index (χ2v) is 5.61. The second-order valence-electron chi connectivity index (χ2n) is 5.61. The summed E-state index contributed by atoms with van der Waals surface area (Å²) in [7, 11) is 0. The van der Waals surface area contributed by atoms with Crippen LogP contribution in [0, 0.1) is 0 Å². The van der Waals surface area contributed by atoms with E-state index in [0.29, 0.717) is 19.3 Å². The summed E-state index contributed by atoms with van der Waals surface area (Å²) >= 11 is 0. The van der Waals surface area contributed by atoms with Crippen molar-refractivity contribution >= 4 is 11.6 Å². The Morgan fingerprint density at radius 3 is 2.67 bits per heavy atom. The number of amides is 1. The van der Waals surface area contributed by atoms with Crippen molar-refractivity contribution in [3.8, 4) is 11.5 Å². The van der Waals surface area contributed by atoms with Gasteiger partial charge in [0.1, 0.15) is 0 Å². The second kappa shape index (κ2) is 6.70. The van der Waals surface area contributed by atoms with Crippen LogP contribution in [0.4, 0.5) is 5.69 Å². The van der Waals surface area contributed by atoms with Crippen LogP contribution in [0.25, 0.3) is 0 Å². The van der Waals surface area contributed by atoms with Crippen molar-refractivity contribution in [1.82, 2.24) is 5.32 Å². The number of benzene rings is 1. The Balaban J connectivity index is 1.52. The third kappa shape index (κ3) is 3.80. The number of anilines is 1. The molecule has 1 amide bonds. The summed E-state index contributed by atoms with van der Waals surface area (Å²) in [5.41, 5.74) is 0.876. The highest BCUT2D eigenvalue weighted by molar-refractivity contribution is 5.81. The summed E-state index contributed by atoms with van der Waals surface area (Å²) in [6, 6.07) is 6.06. The van der Waals surface area contributed by atoms with Gasteiger partial charge in [-0.3, -0.25) is 4.79 Å². The molecule has 2 N–H and O–H groups in total. The summed E-state index contributed by atoms with van der Waals surface area (Å²) in [5, 5.41) is 6.21. The Morgan fingerprint density at radius 1 is 1.10 bits per heavy atom. The average Bonchev–Trinajstić information content (AvgIpc) is 2.88. The van der Waals surface area contributed by atoms with Gasteiger partial charge >= 0.3 is 0 Å². The molecule has 0 spiro atoms. The van der Waals surface area contributed by atoms with Gasteiger partial charge in [-0.2, -0.15) is 0 Å². The monoisotopic (exact) mass is 290 g/mol. The van der Waals surface area contributed by atoms with Crippen LogP contribution in [-0.2, 0) is 4.79 Å². The Hall–Kier alpha value is -1.91. The summed E-state index contributed by atoms with van der Waals surface area (Å²) in [6.07, 6.45) is 5.55. The standard InChI is InChI=1S/C16H22N2O3/c19-16(18-12-4-1-2-5-12)11-17-13-6-7-14-15(10-13)21-9-3-8-20-14/h6-7,10,12,17H,1-5,8-9,11H2,(H,18,19). The molecule has 0 saturated heterocycles. The maximum absolute atomic E-state index is 11.9. The zero-order chi connectivity index (χ0) is 14.5. The topological polar surface area (TPSA) is 59.6 Å². The minimum Gasteiger partial charge on any atom is -0.490 e. The van der Waals surface area contributed by atoms with Crippen LogP contribution in [0.1, 0.15) is 32.1 Å². The highest BCUT2D eigenvalue weighted by atomic mass is 16.5. The third-order valence-corrected chi connectivity index (χ3v) is 3.92. The van der Waals surface area contributed by atoms with Crippen LogP contribution in [0.5, 0.6) is 11.5 Å². The first-order chi connectivity index (χ1) is 10.3. The summed E-state index contributed by atoms with van der Waals surface area (Å²) in [5.74, 6) is 1.57. The SMILES string of the molecule is O=C(CNc1ccc2c(c1)OCCCO2)NC1CCCC1. The third-order valence-electron chi connectivity index (χ3n) is 3.92. The van der Waals surface area contributed by atoms with Gasteiger partial charge in [-0.1, -0.05) is 12.8 Å². The molecule has 0 aromatic heterocycles. The number of carbonyl (C=O) groups is 1. The molecule has 5 nitrogen and oxygen atoms in total. The van der Waals surface area contributed by atoms with Gasteiger partial charge in [-0.05, 0) is 25.0 Å². The van der Waals surface area contributed by atoms with E-state index in [4.69, 9.17) is 9.47 Å². The molecular weight excluding hydrogens is 268 g/mol. The van der Waals surface area contributed by atoms with Gasteiger partial charge in [0.05, 0.1) is 19.8 Å². The number of hydrogen-bond acceptors (Lipinski definition) is 4. The number of fused-ring (bicyclic) bond motifs is 1. The van der Waals surface area contributed by atoms with Crippen LogP contribution in [0.3, 0.4) is 0 Å². The van der Waals surface area contributed by atoms with Crippen molar-refractivity contribution in [2.24, 2.45) is 0 Å². The minimum absolute atomic E-state index is 0.0500. The van der Waals surface area contributed by atoms with Crippen molar-refractivity contribution in [2.45, 2.75) is 38.1 Å². The molecule has 1 heterocycles. The summed E-state index contributed by atoms with van der Waals surface area (Å²) < 4.78 is 11.2. The molecular formula is C16H22N2O3. The predicted octanol–water partition coefficient (Wildman–Crippen LogP) is 2.32. The van der Waals surface area contributed by atoms with Gasteiger partial charge in [0.15, 0.2) is 11.5 Å². The van der Waals surface area contributed by atoms with Crippen molar-refractivity contribution < 1.29 is 14.3 Å². The van der Waals surface area contributed by atoms with Crippen molar-refractivity contribution in [3.63, 3.8) is 0 Å². The lowest BCUT2D eigenvalue weighted by atomic mass is 10.2. The Kier molecular flexibility index (Phi) is 4.48. The molecule has 21 heavy (non-hydrogen) atoms. The summed E-state index contributed by atoms with van der Waals surface area (Å²) in [6.45, 7) is 1.64. The average molecular weight is 290 g/mol. The quantitative estimate of drug-likeness (QED) is 0.893. The number of carbonyl (C=O) groups excluding carboxylic acids is 1. The van der Waals surface area contributed by atoms with E-state index in [9.17, 15) is 4.79 Å². The molecule has 0 atom stereocenters. The first kappa shape index (κ1) is 14.0. The van der Waals surface area contributed by atoms with E-state index in [-0.39, 0.29) is 12.5 Å². The van der Waals surface area contributed by atoms with Crippen LogP contribution in [0.2, 0.25) is 0 Å². The molecule has 0 radical (unpaired) electrons. The number of rotatable bonds is 4. The minimum atomic E-state index is 0.0500. The molecule has 1 saturated carbocycles. The Bertz CT molecular complexity index is 498. The Labute approximate surface area is 125 Å². The fourth-order valence-corrected chi connectivity index (χ4v) is 2.80. The zero-order valence-electron chi connectivity index (χ0n) is 12.2. The van der Waals surface area contributed by atoms with Gasteiger partial charge in [0, 0.05) is 24.2 Å². The molecule has 1 aromatic carbocycles. The molecule has 1 fully saturated rings. The van der Waals surface area contributed by atoms with E-state index in [1.165, 1.54) is 12.8 Å². The molecule has 1 aromatic rings.